The van der Waals surface area contributed by atoms with Gasteiger partial charge in [0.2, 0.25) is 11.8 Å². The molecule has 122 valence electrons. The van der Waals surface area contributed by atoms with E-state index in [1.807, 2.05) is 0 Å². The first-order chi connectivity index (χ1) is 10.8. The number of fused-ring (bicyclic) bond motifs is 1. The Morgan fingerprint density at radius 2 is 2.00 bits per heavy atom. The molecule has 10 nitrogen and oxygen atoms in total. The lowest BCUT2D eigenvalue weighted by molar-refractivity contribution is -0.143. The van der Waals surface area contributed by atoms with Gasteiger partial charge in [0.25, 0.3) is 0 Å². The van der Waals surface area contributed by atoms with E-state index in [1.54, 1.807) is 6.07 Å². The lowest BCUT2D eigenvalue weighted by Gasteiger charge is -2.14. The van der Waals surface area contributed by atoms with Crippen molar-refractivity contribution in [3.63, 3.8) is 0 Å². The average molecular weight is 321 g/mol. The predicted molar refractivity (Wildman–Crippen MR) is 79.9 cm³/mol. The van der Waals surface area contributed by atoms with Crippen molar-refractivity contribution in [2.45, 2.75) is 12.8 Å². The second-order valence-electron chi connectivity index (χ2n) is 4.86. The largest absolute Gasteiger partial charge is 0.480 e. The topological polar surface area (TPSA) is 148 Å². The Kier molecular flexibility index (Phi) is 4.74. The number of carboxylic acids is 1. The number of pyridine rings is 1. The van der Waals surface area contributed by atoms with Crippen LogP contribution >= 0.6 is 0 Å². The average Bonchev–Trinajstić information content (AvgIpc) is 2.83. The molecule has 0 fully saturated rings. The number of rotatable bonds is 6. The van der Waals surface area contributed by atoms with Crippen molar-refractivity contribution in [1.82, 2.24) is 19.9 Å². The SMILES string of the molecule is CN(CC(=O)O)C(=O)CCC(=O)Nc1ccc2[nH]c(=O)[nH]c2n1. The van der Waals surface area contributed by atoms with Crippen LogP contribution in [0.4, 0.5) is 5.82 Å². The Morgan fingerprint density at radius 1 is 1.26 bits per heavy atom. The van der Waals surface area contributed by atoms with Crippen molar-refractivity contribution in [3.8, 4) is 0 Å². The van der Waals surface area contributed by atoms with E-state index < -0.39 is 30.0 Å². The van der Waals surface area contributed by atoms with E-state index in [-0.39, 0.29) is 18.7 Å². The van der Waals surface area contributed by atoms with Crippen LogP contribution in [0.5, 0.6) is 0 Å². The molecule has 4 N–H and O–H groups in total. The number of carbonyl (C=O) groups is 3. The molecule has 0 aliphatic carbocycles. The van der Waals surface area contributed by atoms with Gasteiger partial charge in [-0.05, 0) is 12.1 Å². The monoisotopic (exact) mass is 321 g/mol. The molecule has 10 heteroatoms. The van der Waals surface area contributed by atoms with Crippen molar-refractivity contribution >= 4 is 34.8 Å². The van der Waals surface area contributed by atoms with E-state index in [4.69, 9.17) is 5.11 Å². The zero-order valence-corrected chi connectivity index (χ0v) is 12.3. The van der Waals surface area contributed by atoms with Gasteiger partial charge in [0.05, 0.1) is 5.52 Å². The van der Waals surface area contributed by atoms with Crippen molar-refractivity contribution in [2.75, 3.05) is 18.9 Å². The number of nitrogens with one attached hydrogen (secondary N) is 3. The minimum atomic E-state index is -1.12. The Labute approximate surface area is 129 Å². The number of hydrogen-bond donors (Lipinski definition) is 4. The van der Waals surface area contributed by atoms with Crippen molar-refractivity contribution in [2.24, 2.45) is 0 Å². The van der Waals surface area contributed by atoms with Gasteiger partial charge in [-0.25, -0.2) is 9.78 Å². The van der Waals surface area contributed by atoms with Crippen LogP contribution in [0.25, 0.3) is 11.2 Å². The Morgan fingerprint density at radius 3 is 2.70 bits per heavy atom. The summed E-state index contributed by atoms with van der Waals surface area (Å²) in [5, 5.41) is 11.1. The maximum atomic E-state index is 11.8. The van der Waals surface area contributed by atoms with Crippen LogP contribution in [-0.4, -0.2) is 56.3 Å². The highest BCUT2D eigenvalue weighted by atomic mass is 16.4. The number of aromatic amines is 2. The van der Waals surface area contributed by atoms with Crippen molar-refractivity contribution in [3.05, 3.63) is 22.6 Å². The zero-order chi connectivity index (χ0) is 17.0. The summed E-state index contributed by atoms with van der Waals surface area (Å²) < 4.78 is 0. The number of hydrogen-bond acceptors (Lipinski definition) is 5. The van der Waals surface area contributed by atoms with Gasteiger partial charge >= 0.3 is 11.7 Å². The minimum Gasteiger partial charge on any atom is -0.480 e. The number of aromatic nitrogens is 3. The number of likely N-dealkylation sites (N-methyl/N-ethyl adjacent to an activating group) is 1. The third-order valence-corrected chi connectivity index (χ3v) is 3.01. The summed E-state index contributed by atoms with van der Waals surface area (Å²) >= 11 is 0. The fourth-order valence-corrected chi connectivity index (χ4v) is 1.89. The van der Waals surface area contributed by atoms with E-state index in [9.17, 15) is 19.2 Å². The van der Waals surface area contributed by atoms with Crippen LogP contribution in [0.1, 0.15) is 12.8 Å². The normalized spacial score (nSPS) is 10.5. The van der Waals surface area contributed by atoms with Crippen molar-refractivity contribution < 1.29 is 19.5 Å². The fraction of sp³-hybridized carbons (Fsp3) is 0.308. The summed E-state index contributed by atoms with van der Waals surface area (Å²) in [6.45, 7) is -0.417. The van der Waals surface area contributed by atoms with Gasteiger partial charge in [-0.15, -0.1) is 0 Å². The first-order valence-corrected chi connectivity index (χ1v) is 6.70. The molecule has 2 aromatic heterocycles. The molecule has 2 amide bonds. The first-order valence-electron chi connectivity index (χ1n) is 6.70. The van der Waals surface area contributed by atoms with E-state index in [0.717, 1.165) is 4.90 Å². The van der Waals surface area contributed by atoms with Gasteiger partial charge in [-0.3, -0.25) is 19.4 Å². The summed E-state index contributed by atoms with van der Waals surface area (Å²) in [6, 6.07) is 3.10. The number of H-pyrrole nitrogens is 2. The van der Waals surface area contributed by atoms with Gasteiger partial charge < -0.3 is 20.3 Å². The van der Waals surface area contributed by atoms with Crippen LogP contribution in [-0.2, 0) is 14.4 Å². The molecule has 0 atom stereocenters. The molecule has 0 spiro atoms. The van der Waals surface area contributed by atoms with Crippen LogP contribution in [0, 0.1) is 0 Å². The number of aliphatic carboxylic acids is 1. The molecule has 2 aromatic rings. The standard InChI is InChI=1S/C13H15N5O5/c1-18(6-11(21)22)10(20)5-4-9(19)15-8-3-2-7-12(16-8)17-13(23)14-7/h2-3H,4-6H2,1H3,(H,21,22)(H3,14,15,16,17,19,23). The molecule has 0 aliphatic rings. The molecule has 0 bridgehead atoms. The van der Waals surface area contributed by atoms with Gasteiger partial charge in [-0.1, -0.05) is 0 Å². The van der Waals surface area contributed by atoms with Crippen LogP contribution in [0.15, 0.2) is 16.9 Å². The van der Waals surface area contributed by atoms with Gasteiger partial charge in [-0.2, -0.15) is 0 Å². The summed E-state index contributed by atoms with van der Waals surface area (Å²) in [5.74, 6) is -1.76. The second kappa shape index (κ2) is 6.73. The molecule has 0 aromatic carbocycles. The molecular weight excluding hydrogens is 306 g/mol. The quantitative estimate of drug-likeness (QED) is 0.564. The number of amides is 2. The highest BCUT2D eigenvalue weighted by Gasteiger charge is 2.14. The molecular formula is C13H15N5O5. The van der Waals surface area contributed by atoms with E-state index >= 15 is 0 Å². The van der Waals surface area contributed by atoms with Gasteiger partial charge in [0, 0.05) is 19.9 Å². The summed E-state index contributed by atoms with van der Waals surface area (Å²) in [6.07, 6.45) is -0.217. The highest BCUT2D eigenvalue weighted by Crippen LogP contribution is 2.10. The molecule has 0 saturated heterocycles. The Balaban J connectivity index is 1.89. The molecule has 0 radical (unpaired) electrons. The first kappa shape index (κ1) is 16.2. The highest BCUT2D eigenvalue weighted by molar-refractivity contribution is 5.93. The molecule has 0 aliphatic heterocycles. The second-order valence-corrected chi connectivity index (χ2v) is 4.86. The molecule has 0 saturated carbocycles. The number of imidazole rings is 1. The smallest absolute Gasteiger partial charge is 0.325 e. The van der Waals surface area contributed by atoms with E-state index in [1.165, 1.54) is 13.1 Å². The molecule has 2 rings (SSSR count). The number of carbonyl (C=O) groups excluding carboxylic acids is 2. The van der Waals surface area contributed by atoms with E-state index in [2.05, 4.69) is 20.3 Å². The maximum Gasteiger partial charge on any atom is 0.325 e. The zero-order valence-electron chi connectivity index (χ0n) is 12.3. The van der Waals surface area contributed by atoms with Crippen molar-refractivity contribution in [1.29, 1.82) is 0 Å². The minimum absolute atomic E-state index is 0.105. The fourth-order valence-electron chi connectivity index (χ4n) is 1.89. The number of carboxylic acid groups (broad SMARTS) is 1. The van der Waals surface area contributed by atoms with Gasteiger partial charge in [0.1, 0.15) is 12.4 Å². The van der Waals surface area contributed by atoms with Crippen LogP contribution in [0.2, 0.25) is 0 Å². The summed E-state index contributed by atoms with van der Waals surface area (Å²) in [5.41, 5.74) is 0.423. The lowest BCUT2D eigenvalue weighted by atomic mass is 10.2. The summed E-state index contributed by atoms with van der Waals surface area (Å²) in [7, 11) is 1.35. The molecule has 0 unspecified atom stereocenters. The van der Waals surface area contributed by atoms with E-state index in [0.29, 0.717) is 11.2 Å². The molecule has 23 heavy (non-hydrogen) atoms. The predicted octanol–water partition coefficient (Wildman–Crippen LogP) is -0.487. The third kappa shape index (κ3) is 4.40. The number of nitrogens with zero attached hydrogens (tertiary/aromatic N) is 2. The lowest BCUT2D eigenvalue weighted by Crippen LogP contribution is -2.32. The van der Waals surface area contributed by atoms with Gasteiger partial charge in [0.15, 0.2) is 5.65 Å². The Hall–Kier alpha value is -3.17. The third-order valence-electron chi connectivity index (χ3n) is 3.01. The molecule has 2 heterocycles. The van der Waals surface area contributed by atoms with Crippen LogP contribution < -0.4 is 11.0 Å². The Bertz CT molecular complexity index is 808. The number of anilines is 1. The maximum absolute atomic E-state index is 11.8. The van der Waals surface area contributed by atoms with Crippen LogP contribution in [0.3, 0.4) is 0 Å². The summed E-state index contributed by atoms with van der Waals surface area (Å²) in [4.78, 5) is 55.1.